The molecule has 1 aromatic rings. The molecule has 4 heteroatoms. The van der Waals surface area contributed by atoms with E-state index >= 15 is 0 Å². The topological polar surface area (TPSA) is 15.3 Å². The van der Waals surface area contributed by atoms with Crippen molar-refractivity contribution >= 4 is 23.2 Å². The smallest absolute Gasteiger partial charge is 0.0595 e. The van der Waals surface area contributed by atoms with Gasteiger partial charge in [-0.05, 0) is 50.6 Å². The zero-order valence-electron chi connectivity index (χ0n) is 12.3. The summed E-state index contributed by atoms with van der Waals surface area (Å²) in [5, 5.41) is 4.88. The van der Waals surface area contributed by atoms with Crippen molar-refractivity contribution < 1.29 is 0 Å². The molecule has 20 heavy (non-hydrogen) atoms. The second kappa shape index (κ2) is 7.65. The molecule has 1 saturated heterocycles. The molecule has 2 atom stereocenters. The van der Waals surface area contributed by atoms with Crippen molar-refractivity contribution in [1.82, 2.24) is 10.2 Å². The molecule has 0 aliphatic carbocycles. The summed E-state index contributed by atoms with van der Waals surface area (Å²) in [7, 11) is 0. The van der Waals surface area contributed by atoms with Gasteiger partial charge in [-0.15, -0.1) is 0 Å². The Hall–Kier alpha value is -0.280. The van der Waals surface area contributed by atoms with Crippen molar-refractivity contribution in [3.8, 4) is 0 Å². The standard InChI is InChI=1S/C16H24Cl2N2/c1-3-20-9-5-4-6-14(20)11-19-12(2)13-7-8-15(17)16(18)10-13/h7-8,10,12,14,19H,3-6,9,11H2,1-2H3. The van der Waals surface area contributed by atoms with Crippen molar-refractivity contribution in [1.29, 1.82) is 0 Å². The summed E-state index contributed by atoms with van der Waals surface area (Å²) < 4.78 is 0. The Bertz CT molecular complexity index is 436. The maximum Gasteiger partial charge on any atom is 0.0595 e. The third kappa shape index (κ3) is 4.11. The number of nitrogens with one attached hydrogen (secondary N) is 1. The molecule has 1 aliphatic heterocycles. The number of halogens is 2. The highest BCUT2D eigenvalue weighted by Crippen LogP contribution is 2.25. The number of rotatable bonds is 5. The largest absolute Gasteiger partial charge is 0.309 e. The molecule has 1 aliphatic rings. The molecular formula is C16H24Cl2N2. The molecule has 0 spiro atoms. The second-order valence-electron chi connectivity index (χ2n) is 5.58. The van der Waals surface area contributed by atoms with Crippen molar-refractivity contribution in [3.05, 3.63) is 33.8 Å². The highest BCUT2D eigenvalue weighted by Gasteiger charge is 2.21. The number of hydrogen-bond donors (Lipinski definition) is 1. The van der Waals surface area contributed by atoms with Gasteiger partial charge in [-0.2, -0.15) is 0 Å². The lowest BCUT2D eigenvalue weighted by atomic mass is 10.0. The molecule has 112 valence electrons. The van der Waals surface area contributed by atoms with Gasteiger partial charge in [-0.25, -0.2) is 0 Å². The number of hydrogen-bond acceptors (Lipinski definition) is 2. The Balaban J connectivity index is 1.90. The first-order chi connectivity index (χ1) is 9.61. The first-order valence-electron chi connectivity index (χ1n) is 7.54. The van der Waals surface area contributed by atoms with E-state index in [4.69, 9.17) is 23.2 Å². The van der Waals surface area contributed by atoms with Crippen molar-refractivity contribution in [3.63, 3.8) is 0 Å². The van der Waals surface area contributed by atoms with Gasteiger partial charge in [0.05, 0.1) is 10.0 Å². The van der Waals surface area contributed by atoms with Gasteiger partial charge in [0.15, 0.2) is 0 Å². The molecule has 0 aromatic heterocycles. The summed E-state index contributed by atoms with van der Waals surface area (Å²) in [6.45, 7) is 7.85. The molecule has 2 nitrogen and oxygen atoms in total. The van der Waals surface area contributed by atoms with Crippen LogP contribution in [-0.4, -0.2) is 30.6 Å². The summed E-state index contributed by atoms with van der Waals surface area (Å²) in [4.78, 5) is 2.58. The molecule has 1 fully saturated rings. The zero-order chi connectivity index (χ0) is 14.5. The maximum atomic E-state index is 6.08. The third-order valence-corrected chi connectivity index (χ3v) is 5.00. The van der Waals surface area contributed by atoms with Crippen LogP contribution >= 0.6 is 23.2 Å². The third-order valence-electron chi connectivity index (χ3n) is 4.26. The molecule has 1 N–H and O–H groups in total. The summed E-state index contributed by atoms with van der Waals surface area (Å²) in [5.74, 6) is 0. The molecule has 0 bridgehead atoms. The van der Waals surface area contributed by atoms with Crippen LogP contribution in [0.25, 0.3) is 0 Å². The van der Waals surface area contributed by atoms with Gasteiger partial charge in [0.25, 0.3) is 0 Å². The molecule has 2 unspecified atom stereocenters. The minimum Gasteiger partial charge on any atom is -0.309 e. The van der Waals surface area contributed by atoms with E-state index in [-0.39, 0.29) is 0 Å². The summed E-state index contributed by atoms with van der Waals surface area (Å²) in [6.07, 6.45) is 3.99. The van der Waals surface area contributed by atoms with E-state index < -0.39 is 0 Å². The van der Waals surface area contributed by atoms with E-state index in [9.17, 15) is 0 Å². The van der Waals surface area contributed by atoms with Crippen LogP contribution in [0.2, 0.25) is 10.0 Å². The Labute approximate surface area is 132 Å². The van der Waals surface area contributed by atoms with Crippen LogP contribution in [0.15, 0.2) is 18.2 Å². The van der Waals surface area contributed by atoms with E-state index in [1.54, 1.807) is 0 Å². The minimum atomic E-state index is 0.297. The number of likely N-dealkylation sites (N-methyl/N-ethyl adjacent to an activating group) is 1. The van der Waals surface area contributed by atoms with Crippen LogP contribution < -0.4 is 5.32 Å². The lowest BCUT2D eigenvalue weighted by Crippen LogP contribution is -2.45. The Kier molecular flexibility index (Phi) is 6.16. The Morgan fingerprint density at radius 3 is 2.80 bits per heavy atom. The van der Waals surface area contributed by atoms with Crippen molar-refractivity contribution in [2.45, 2.75) is 45.2 Å². The second-order valence-corrected chi connectivity index (χ2v) is 6.40. The van der Waals surface area contributed by atoms with Crippen LogP contribution in [0.4, 0.5) is 0 Å². The fourth-order valence-corrected chi connectivity index (χ4v) is 3.23. The Morgan fingerprint density at radius 1 is 1.30 bits per heavy atom. The van der Waals surface area contributed by atoms with E-state index in [0.717, 1.165) is 13.1 Å². The Morgan fingerprint density at radius 2 is 2.10 bits per heavy atom. The van der Waals surface area contributed by atoms with Crippen LogP contribution in [0.1, 0.15) is 44.7 Å². The van der Waals surface area contributed by atoms with Crippen LogP contribution in [0, 0.1) is 0 Å². The number of likely N-dealkylation sites (tertiary alicyclic amines) is 1. The first kappa shape index (κ1) is 16.1. The molecule has 0 amide bonds. The van der Waals surface area contributed by atoms with E-state index in [1.807, 2.05) is 18.2 Å². The predicted molar refractivity (Wildman–Crippen MR) is 87.8 cm³/mol. The van der Waals surface area contributed by atoms with Gasteiger partial charge in [0.2, 0.25) is 0 Å². The van der Waals surface area contributed by atoms with Crippen LogP contribution in [0.3, 0.4) is 0 Å². The van der Waals surface area contributed by atoms with E-state index in [0.29, 0.717) is 22.1 Å². The summed E-state index contributed by atoms with van der Waals surface area (Å²) in [6, 6.07) is 6.84. The van der Waals surface area contributed by atoms with Crippen molar-refractivity contribution in [2.24, 2.45) is 0 Å². The number of nitrogens with zero attached hydrogens (tertiary/aromatic N) is 1. The average Bonchev–Trinajstić information content (AvgIpc) is 2.47. The SMILES string of the molecule is CCN1CCCCC1CNC(C)c1ccc(Cl)c(Cl)c1. The lowest BCUT2D eigenvalue weighted by molar-refractivity contribution is 0.151. The first-order valence-corrected chi connectivity index (χ1v) is 8.29. The maximum absolute atomic E-state index is 6.08. The van der Waals surface area contributed by atoms with Crippen LogP contribution in [-0.2, 0) is 0 Å². The highest BCUT2D eigenvalue weighted by atomic mass is 35.5. The van der Waals surface area contributed by atoms with Crippen LogP contribution in [0.5, 0.6) is 0 Å². The normalized spacial score (nSPS) is 21.9. The molecular weight excluding hydrogens is 291 g/mol. The number of benzene rings is 1. The summed E-state index contributed by atoms with van der Waals surface area (Å²) in [5.41, 5.74) is 1.19. The van der Waals surface area contributed by atoms with E-state index in [1.165, 1.54) is 31.4 Å². The van der Waals surface area contributed by atoms with Crippen molar-refractivity contribution in [2.75, 3.05) is 19.6 Å². The van der Waals surface area contributed by atoms with Gasteiger partial charge in [-0.1, -0.05) is 42.6 Å². The monoisotopic (exact) mass is 314 g/mol. The quantitative estimate of drug-likeness (QED) is 0.859. The average molecular weight is 315 g/mol. The van der Waals surface area contributed by atoms with E-state index in [2.05, 4.69) is 24.1 Å². The molecule has 0 saturated carbocycles. The lowest BCUT2D eigenvalue weighted by Gasteiger charge is -2.35. The molecule has 1 aromatic carbocycles. The van der Waals surface area contributed by atoms with Gasteiger partial charge < -0.3 is 5.32 Å². The van der Waals surface area contributed by atoms with Gasteiger partial charge in [-0.3, -0.25) is 4.90 Å². The summed E-state index contributed by atoms with van der Waals surface area (Å²) >= 11 is 12.0. The fraction of sp³-hybridized carbons (Fsp3) is 0.625. The molecule has 0 radical (unpaired) electrons. The molecule has 2 rings (SSSR count). The predicted octanol–water partition coefficient (Wildman–Crippen LogP) is 4.52. The fourth-order valence-electron chi connectivity index (χ4n) is 2.92. The number of piperidine rings is 1. The molecule has 1 heterocycles. The zero-order valence-corrected chi connectivity index (χ0v) is 13.8. The van der Waals surface area contributed by atoms with Gasteiger partial charge in [0.1, 0.15) is 0 Å². The van der Waals surface area contributed by atoms with Gasteiger partial charge in [0, 0.05) is 18.6 Å². The van der Waals surface area contributed by atoms with Gasteiger partial charge >= 0.3 is 0 Å². The highest BCUT2D eigenvalue weighted by molar-refractivity contribution is 6.42. The minimum absolute atomic E-state index is 0.297.